The normalized spacial score (nSPS) is 16.9. The summed E-state index contributed by atoms with van der Waals surface area (Å²) in [5.41, 5.74) is 0.832. The van der Waals surface area contributed by atoms with Crippen LogP contribution in [0, 0.1) is 6.92 Å². The quantitative estimate of drug-likeness (QED) is 0.737. The lowest BCUT2D eigenvalue weighted by Gasteiger charge is -2.22. The van der Waals surface area contributed by atoms with Gasteiger partial charge in [-0.15, -0.1) is 0 Å². The van der Waals surface area contributed by atoms with Crippen LogP contribution in [-0.4, -0.2) is 41.7 Å². The smallest absolute Gasteiger partial charge is 0.249 e. The van der Waals surface area contributed by atoms with Gasteiger partial charge < -0.3 is 18.8 Å². The van der Waals surface area contributed by atoms with E-state index in [0.717, 1.165) is 36.7 Å². The summed E-state index contributed by atoms with van der Waals surface area (Å²) >= 11 is 0. The summed E-state index contributed by atoms with van der Waals surface area (Å²) in [6.07, 6.45) is 3.90. The maximum Gasteiger partial charge on any atom is 0.249 e. The lowest BCUT2D eigenvalue weighted by Crippen LogP contribution is -2.34. The van der Waals surface area contributed by atoms with Gasteiger partial charge in [0.2, 0.25) is 5.91 Å². The van der Waals surface area contributed by atoms with Crippen LogP contribution in [0.5, 0.6) is 0 Å². The van der Waals surface area contributed by atoms with Gasteiger partial charge in [-0.1, -0.05) is 6.07 Å². The molecular weight excluding hydrogens is 320 g/mol. The first kappa shape index (κ1) is 17.6. The van der Waals surface area contributed by atoms with Crippen molar-refractivity contribution in [2.45, 2.75) is 39.0 Å². The van der Waals surface area contributed by atoms with Crippen LogP contribution in [0.15, 0.2) is 40.9 Å². The second-order valence-corrected chi connectivity index (χ2v) is 6.23. The minimum atomic E-state index is -0.0855. The Morgan fingerprint density at radius 2 is 2.24 bits per heavy atom. The number of aryl methyl sites for hydroxylation is 1. The van der Waals surface area contributed by atoms with Crippen molar-refractivity contribution in [1.82, 2.24) is 9.88 Å². The molecule has 1 atom stereocenters. The summed E-state index contributed by atoms with van der Waals surface area (Å²) in [4.78, 5) is 18.6. The van der Waals surface area contributed by atoms with Crippen LogP contribution in [0.25, 0.3) is 0 Å². The SMILES string of the molecule is Cc1ccc(CN(Cc2ccccn2)C(=O)COCC2CCCO2)o1. The Morgan fingerprint density at radius 3 is 2.92 bits per heavy atom. The Labute approximate surface area is 147 Å². The van der Waals surface area contributed by atoms with Crippen molar-refractivity contribution in [2.24, 2.45) is 0 Å². The number of carbonyl (C=O) groups excluding carboxylic acids is 1. The van der Waals surface area contributed by atoms with Crippen LogP contribution in [0.1, 0.15) is 30.1 Å². The molecule has 1 aliphatic heterocycles. The zero-order chi connectivity index (χ0) is 17.5. The molecule has 134 valence electrons. The standard InChI is InChI=1S/C19H24N2O4/c1-15-7-8-17(25-15)12-21(11-16-5-2-3-9-20-16)19(22)14-23-13-18-6-4-10-24-18/h2-3,5,7-9,18H,4,6,10-14H2,1H3. The van der Waals surface area contributed by atoms with E-state index in [0.29, 0.717) is 19.7 Å². The van der Waals surface area contributed by atoms with E-state index in [1.54, 1.807) is 11.1 Å². The summed E-state index contributed by atoms with van der Waals surface area (Å²) < 4.78 is 16.7. The molecule has 6 heteroatoms. The third kappa shape index (κ3) is 5.41. The Kier molecular flexibility index (Phi) is 6.19. The molecule has 1 saturated heterocycles. The van der Waals surface area contributed by atoms with Gasteiger partial charge in [0.15, 0.2) is 0 Å². The van der Waals surface area contributed by atoms with Crippen molar-refractivity contribution in [2.75, 3.05) is 19.8 Å². The molecule has 0 spiro atoms. The lowest BCUT2D eigenvalue weighted by molar-refractivity contribution is -0.138. The molecule has 3 heterocycles. The molecule has 0 N–H and O–H groups in total. The van der Waals surface area contributed by atoms with Gasteiger partial charge in [-0.2, -0.15) is 0 Å². The molecule has 0 radical (unpaired) electrons. The van der Waals surface area contributed by atoms with Crippen molar-refractivity contribution in [1.29, 1.82) is 0 Å². The second kappa shape index (κ2) is 8.78. The van der Waals surface area contributed by atoms with Gasteiger partial charge in [-0.25, -0.2) is 0 Å². The van der Waals surface area contributed by atoms with Crippen LogP contribution in [0.3, 0.4) is 0 Å². The van der Waals surface area contributed by atoms with Crippen molar-refractivity contribution in [3.8, 4) is 0 Å². The van der Waals surface area contributed by atoms with E-state index in [4.69, 9.17) is 13.9 Å². The summed E-state index contributed by atoms with van der Waals surface area (Å²) in [5.74, 6) is 1.49. The number of amides is 1. The van der Waals surface area contributed by atoms with E-state index in [2.05, 4.69) is 4.98 Å². The molecule has 25 heavy (non-hydrogen) atoms. The van der Waals surface area contributed by atoms with Crippen molar-refractivity contribution < 1.29 is 18.7 Å². The van der Waals surface area contributed by atoms with E-state index >= 15 is 0 Å². The third-order valence-corrected chi connectivity index (χ3v) is 4.13. The van der Waals surface area contributed by atoms with E-state index in [1.807, 2.05) is 37.3 Å². The fourth-order valence-electron chi connectivity index (χ4n) is 2.82. The number of nitrogens with zero attached hydrogens (tertiary/aromatic N) is 2. The van der Waals surface area contributed by atoms with Crippen molar-refractivity contribution in [3.05, 3.63) is 53.7 Å². The van der Waals surface area contributed by atoms with Crippen molar-refractivity contribution >= 4 is 5.91 Å². The molecule has 6 nitrogen and oxygen atoms in total. The lowest BCUT2D eigenvalue weighted by atomic mass is 10.2. The maximum absolute atomic E-state index is 12.6. The molecule has 1 unspecified atom stereocenters. The fourth-order valence-corrected chi connectivity index (χ4v) is 2.82. The number of hydrogen-bond donors (Lipinski definition) is 0. The Balaban J connectivity index is 1.58. The molecule has 1 aliphatic rings. The molecule has 0 bridgehead atoms. The van der Waals surface area contributed by atoms with Crippen LogP contribution < -0.4 is 0 Å². The maximum atomic E-state index is 12.6. The molecule has 0 aliphatic carbocycles. The number of furan rings is 1. The van der Waals surface area contributed by atoms with Gasteiger partial charge in [0.05, 0.1) is 31.5 Å². The minimum absolute atomic E-state index is 0.0341. The van der Waals surface area contributed by atoms with E-state index in [-0.39, 0.29) is 18.6 Å². The Hall–Kier alpha value is -2.18. The van der Waals surface area contributed by atoms with Gasteiger partial charge in [0.25, 0.3) is 0 Å². The second-order valence-electron chi connectivity index (χ2n) is 6.23. The predicted octanol–water partition coefficient (Wildman–Crippen LogP) is 2.71. The molecule has 2 aromatic rings. The predicted molar refractivity (Wildman–Crippen MR) is 91.7 cm³/mol. The Morgan fingerprint density at radius 1 is 1.32 bits per heavy atom. The van der Waals surface area contributed by atoms with Crippen molar-refractivity contribution in [3.63, 3.8) is 0 Å². The largest absolute Gasteiger partial charge is 0.464 e. The van der Waals surface area contributed by atoms with Gasteiger partial charge in [-0.3, -0.25) is 9.78 Å². The summed E-state index contributed by atoms with van der Waals surface area (Å²) in [6.45, 7) is 3.98. The molecule has 0 aromatic carbocycles. The van der Waals surface area contributed by atoms with E-state index in [9.17, 15) is 4.79 Å². The average Bonchev–Trinajstić information content (AvgIpc) is 3.27. The van der Waals surface area contributed by atoms with Gasteiger partial charge in [0.1, 0.15) is 18.1 Å². The first-order chi connectivity index (χ1) is 12.2. The van der Waals surface area contributed by atoms with Gasteiger partial charge in [-0.05, 0) is 44.0 Å². The molecule has 1 fully saturated rings. The van der Waals surface area contributed by atoms with Crippen LogP contribution in [0.4, 0.5) is 0 Å². The summed E-state index contributed by atoms with van der Waals surface area (Å²) in [5, 5.41) is 0. The topological polar surface area (TPSA) is 64.8 Å². The fraction of sp³-hybridized carbons (Fsp3) is 0.474. The summed E-state index contributed by atoms with van der Waals surface area (Å²) in [7, 11) is 0. The Bertz CT molecular complexity index is 665. The average molecular weight is 344 g/mol. The molecule has 3 rings (SSSR count). The molecular formula is C19H24N2O4. The summed E-state index contributed by atoms with van der Waals surface area (Å²) in [6, 6.07) is 9.46. The first-order valence-electron chi connectivity index (χ1n) is 8.63. The van der Waals surface area contributed by atoms with Gasteiger partial charge >= 0.3 is 0 Å². The van der Waals surface area contributed by atoms with E-state index < -0.39 is 0 Å². The third-order valence-electron chi connectivity index (χ3n) is 4.13. The highest BCUT2D eigenvalue weighted by molar-refractivity contribution is 5.77. The number of ether oxygens (including phenoxy) is 2. The zero-order valence-electron chi connectivity index (χ0n) is 14.5. The zero-order valence-corrected chi connectivity index (χ0v) is 14.5. The highest BCUT2D eigenvalue weighted by atomic mass is 16.5. The molecule has 2 aromatic heterocycles. The molecule has 1 amide bonds. The van der Waals surface area contributed by atoms with Crippen LogP contribution >= 0.6 is 0 Å². The number of hydrogen-bond acceptors (Lipinski definition) is 5. The monoisotopic (exact) mass is 344 g/mol. The number of aromatic nitrogens is 1. The minimum Gasteiger partial charge on any atom is -0.464 e. The van der Waals surface area contributed by atoms with Crippen LogP contribution in [0.2, 0.25) is 0 Å². The number of rotatable bonds is 8. The first-order valence-corrected chi connectivity index (χ1v) is 8.63. The molecule has 0 saturated carbocycles. The van der Waals surface area contributed by atoms with E-state index in [1.165, 1.54) is 0 Å². The number of carbonyl (C=O) groups is 1. The van der Waals surface area contributed by atoms with Gasteiger partial charge in [0, 0.05) is 12.8 Å². The van der Waals surface area contributed by atoms with Crippen LogP contribution in [-0.2, 0) is 27.4 Å². The highest BCUT2D eigenvalue weighted by Gasteiger charge is 2.19. The number of pyridine rings is 1. The highest BCUT2D eigenvalue weighted by Crippen LogP contribution is 2.14.